The second-order valence-electron chi connectivity index (χ2n) is 7.43. The van der Waals surface area contributed by atoms with Crippen molar-refractivity contribution in [2.75, 3.05) is 12.2 Å². The van der Waals surface area contributed by atoms with E-state index in [1.54, 1.807) is 42.5 Å². The number of carbonyl (C=O) groups is 2. The lowest BCUT2D eigenvalue weighted by Gasteiger charge is -2.26. The zero-order valence-electron chi connectivity index (χ0n) is 17.7. The van der Waals surface area contributed by atoms with Crippen molar-refractivity contribution in [1.82, 2.24) is 0 Å². The number of ketones is 1. The van der Waals surface area contributed by atoms with Crippen LogP contribution in [0.3, 0.4) is 0 Å². The number of rotatable bonds is 6. The van der Waals surface area contributed by atoms with Crippen molar-refractivity contribution in [3.8, 4) is 0 Å². The lowest BCUT2D eigenvalue weighted by Crippen LogP contribution is -2.37. The Labute approximate surface area is 189 Å². The van der Waals surface area contributed by atoms with Gasteiger partial charge in [0, 0.05) is 0 Å². The maximum absolute atomic E-state index is 14.2. The number of carbonyl (C=O) groups excluding carboxylic acids is 2. The maximum atomic E-state index is 14.2. The summed E-state index contributed by atoms with van der Waals surface area (Å²) in [5.74, 6) is -3.41. The number of nitrogens with zero attached hydrogens (tertiary/aromatic N) is 3. The fourth-order valence-corrected chi connectivity index (χ4v) is 4.03. The summed E-state index contributed by atoms with van der Waals surface area (Å²) < 4.78 is 18.9. The third kappa shape index (κ3) is 4.30. The molecule has 3 aromatic rings. The van der Waals surface area contributed by atoms with Crippen molar-refractivity contribution in [2.45, 2.75) is 12.1 Å². The van der Waals surface area contributed by atoms with Gasteiger partial charge in [0.2, 0.25) is 0 Å². The minimum atomic E-state index is -1.08. The molecular weight excluding hydrogens is 425 g/mol. The Hall–Kier alpha value is -4.13. The molecule has 0 amide bonds. The van der Waals surface area contributed by atoms with Gasteiger partial charge in [-0.05, 0) is 35.4 Å². The van der Waals surface area contributed by atoms with Gasteiger partial charge in [0.05, 0.1) is 24.8 Å². The van der Waals surface area contributed by atoms with Crippen LogP contribution in [0.4, 0.5) is 10.1 Å². The average Bonchev–Trinajstić information content (AvgIpc) is 3.26. The molecule has 0 saturated carbocycles. The van der Waals surface area contributed by atoms with Crippen molar-refractivity contribution in [3.63, 3.8) is 0 Å². The van der Waals surface area contributed by atoms with E-state index in [9.17, 15) is 19.5 Å². The molecular formula is C25H20FN3O4. The largest absolute Gasteiger partial charge is 0.460 e. The number of methoxy groups -OCH3 is 1. The molecule has 7 nitrogen and oxygen atoms in total. The summed E-state index contributed by atoms with van der Waals surface area (Å²) in [7, 11) is 1.08. The molecule has 0 aliphatic carbocycles. The first kappa shape index (κ1) is 22.1. The highest BCUT2D eigenvalue weighted by atomic mass is 19.1. The van der Waals surface area contributed by atoms with E-state index < -0.39 is 41.3 Å². The number of esters is 1. The van der Waals surface area contributed by atoms with Crippen LogP contribution in [0.2, 0.25) is 0 Å². The molecule has 1 aliphatic rings. The van der Waals surface area contributed by atoms with E-state index in [0.717, 1.165) is 7.11 Å². The van der Waals surface area contributed by atoms with Crippen molar-refractivity contribution in [1.29, 1.82) is 0 Å². The average molecular weight is 445 g/mol. The van der Waals surface area contributed by atoms with Crippen LogP contribution >= 0.6 is 0 Å². The van der Waals surface area contributed by atoms with Crippen LogP contribution in [0.1, 0.15) is 23.3 Å². The van der Waals surface area contributed by atoms with E-state index in [1.165, 1.54) is 23.3 Å². The van der Waals surface area contributed by atoms with Gasteiger partial charge in [-0.1, -0.05) is 60.7 Å². The van der Waals surface area contributed by atoms with Crippen LogP contribution in [0.5, 0.6) is 0 Å². The summed E-state index contributed by atoms with van der Waals surface area (Å²) in [4.78, 5) is 35.0. The SMILES string of the molecule is COC(=O)C(=[N+]=[N-])C(=O)[C@@H]1[C@@H](c2ccccc2)ON(c2ccccc2)[C@H]1c1cccc(F)c1. The Kier molecular flexibility index (Phi) is 6.40. The quantitative estimate of drug-likeness (QED) is 0.187. The predicted molar refractivity (Wildman–Crippen MR) is 117 cm³/mol. The minimum absolute atomic E-state index is 0.456. The minimum Gasteiger partial charge on any atom is -0.460 e. The number of para-hydroxylation sites is 1. The highest BCUT2D eigenvalue weighted by Crippen LogP contribution is 2.49. The van der Waals surface area contributed by atoms with Gasteiger partial charge in [0.1, 0.15) is 11.9 Å². The summed E-state index contributed by atoms with van der Waals surface area (Å²) in [6.45, 7) is 0. The zero-order chi connectivity index (χ0) is 23.4. The first-order valence-electron chi connectivity index (χ1n) is 10.2. The predicted octanol–water partition coefficient (Wildman–Crippen LogP) is 4.09. The van der Waals surface area contributed by atoms with Gasteiger partial charge in [-0.3, -0.25) is 9.63 Å². The molecule has 4 rings (SSSR count). The molecule has 0 aromatic heterocycles. The highest BCUT2D eigenvalue weighted by molar-refractivity contribution is 6.62. The van der Waals surface area contributed by atoms with Gasteiger partial charge in [0.25, 0.3) is 5.78 Å². The lowest BCUT2D eigenvalue weighted by molar-refractivity contribution is -0.140. The number of ether oxygens (including phenoxy) is 1. The second kappa shape index (κ2) is 9.56. The molecule has 1 heterocycles. The van der Waals surface area contributed by atoms with Crippen LogP contribution < -0.4 is 5.06 Å². The van der Waals surface area contributed by atoms with Gasteiger partial charge in [-0.25, -0.2) is 14.2 Å². The third-order valence-electron chi connectivity index (χ3n) is 5.49. The van der Waals surface area contributed by atoms with E-state index >= 15 is 0 Å². The second-order valence-corrected chi connectivity index (χ2v) is 7.43. The zero-order valence-corrected chi connectivity index (χ0v) is 17.7. The third-order valence-corrected chi connectivity index (χ3v) is 5.49. The fourth-order valence-electron chi connectivity index (χ4n) is 4.03. The molecule has 0 spiro atoms. The van der Waals surface area contributed by atoms with Crippen LogP contribution in [-0.2, 0) is 19.2 Å². The number of benzene rings is 3. The number of halogens is 1. The Morgan fingerprint density at radius 2 is 1.61 bits per heavy atom. The van der Waals surface area contributed by atoms with Gasteiger partial charge in [-0.2, -0.15) is 4.79 Å². The Morgan fingerprint density at radius 1 is 0.970 bits per heavy atom. The molecule has 166 valence electrons. The van der Waals surface area contributed by atoms with Gasteiger partial charge >= 0.3 is 11.7 Å². The first-order chi connectivity index (χ1) is 16.0. The van der Waals surface area contributed by atoms with E-state index in [0.29, 0.717) is 16.8 Å². The van der Waals surface area contributed by atoms with Crippen molar-refractivity contribution in [2.24, 2.45) is 5.92 Å². The molecule has 0 bridgehead atoms. The van der Waals surface area contributed by atoms with Gasteiger partial charge in [-0.15, -0.1) is 0 Å². The van der Waals surface area contributed by atoms with E-state index in [2.05, 4.69) is 9.53 Å². The summed E-state index contributed by atoms with van der Waals surface area (Å²) in [5, 5.41) is 1.53. The normalized spacial score (nSPS) is 19.6. The fraction of sp³-hybridized carbons (Fsp3) is 0.160. The number of anilines is 1. The number of hydrogen-bond acceptors (Lipinski definition) is 5. The van der Waals surface area contributed by atoms with Gasteiger partial charge < -0.3 is 10.3 Å². The number of hydroxylamine groups is 1. The standard InChI is InChI=1S/C25H20FN3O4/c1-32-25(31)21(28-27)23(30)20-22(17-11-8-12-18(26)15-17)29(19-13-6-3-7-14-19)33-24(20)16-9-4-2-5-10-16/h2-15,20,22,24H,1H3/t20-,22+,24-/m1/s1. The Bertz CT molecular complexity index is 1210. The summed E-state index contributed by atoms with van der Waals surface area (Å²) in [6.07, 6.45) is -0.853. The topological polar surface area (TPSA) is 92.2 Å². The molecule has 33 heavy (non-hydrogen) atoms. The monoisotopic (exact) mass is 445 g/mol. The van der Waals surface area contributed by atoms with E-state index in [4.69, 9.17) is 4.84 Å². The van der Waals surface area contributed by atoms with Gasteiger partial charge in [0.15, 0.2) is 0 Å². The Morgan fingerprint density at radius 3 is 2.21 bits per heavy atom. The lowest BCUT2D eigenvalue weighted by atomic mass is 9.81. The number of hydrogen-bond donors (Lipinski definition) is 0. The van der Waals surface area contributed by atoms with Crippen LogP contribution in [0, 0.1) is 11.7 Å². The molecule has 0 N–H and O–H groups in total. The van der Waals surface area contributed by atoms with Crippen LogP contribution in [0.25, 0.3) is 5.53 Å². The van der Waals surface area contributed by atoms with Crippen molar-refractivity contribution >= 4 is 23.2 Å². The molecule has 1 fully saturated rings. The van der Waals surface area contributed by atoms with E-state index in [1.807, 2.05) is 24.3 Å². The first-order valence-corrected chi connectivity index (χ1v) is 10.2. The molecule has 1 aliphatic heterocycles. The molecule has 0 unspecified atom stereocenters. The van der Waals surface area contributed by atoms with Crippen LogP contribution in [0.15, 0.2) is 84.9 Å². The summed E-state index contributed by atoms with van der Waals surface area (Å²) in [5.41, 5.74) is 10.4. The maximum Gasteiger partial charge on any atom is 0.441 e. The molecule has 0 radical (unpaired) electrons. The molecule has 8 heteroatoms. The smallest absolute Gasteiger partial charge is 0.441 e. The van der Waals surface area contributed by atoms with Crippen molar-refractivity contribution in [3.05, 3.63) is 107 Å². The van der Waals surface area contributed by atoms with E-state index in [-0.39, 0.29) is 0 Å². The molecule has 3 atom stereocenters. The summed E-state index contributed by atoms with van der Waals surface area (Å²) >= 11 is 0. The number of Topliss-reactive ketones (excluding diaryl/α,β-unsaturated/α-hetero) is 1. The Balaban J connectivity index is 1.92. The van der Waals surface area contributed by atoms with Crippen LogP contribution in [-0.4, -0.2) is 29.4 Å². The van der Waals surface area contributed by atoms with Crippen molar-refractivity contribution < 1.29 is 28.3 Å². The highest BCUT2D eigenvalue weighted by Gasteiger charge is 2.53. The molecule has 3 aromatic carbocycles. The molecule has 1 saturated heterocycles. The summed E-state index contributed by atoms with van der Waals surface area (Å²) in [6, 6.07) is 23.0.